The van der Waals surface area contributed by atoms with Crippen molar-refractivity contribution >= 4 is 5.97 Å². The lowest BCUT2D eigenvalue weighted by molar-refractivity contribution is -0.154. The van der Waals surface area contributed by atoms with E-state index in [1.807, 2.05) is 6.92 Å². The fourth-order valence-electron chi connectivity index (χ4n) is 1.61. The van der Waals surface area contributed by atoms with Gasteiger partial charge in [-0.1, -0.05) is 6.07 Å². The number of esters is 1. The molecule has 0 aliphatic rings. The van der Waals surface area contributed by atoms with Gasteiger partial charge in [0.1, 0.15) is 5.75 Å². The Bertz CT molecular complexity index is 387. The summed E-state index contributed by atoms with van der Waals surface area (Å²) in [7, 11) is 1.48. The second-order valence-corrected chi connectivity index (χ2v) is 3.79. The molecule has 0 spiro atoms. The molecular weight excluding hydrogens is 220 g/mol. The van der Waals surface area contributed by atoms with Gasteiger partial charge in [-0.3, -0.25) is 0 Å². The first kappa shape index (κ1) is 13.5. The Hall–Kier alpha value is -1.55. The zero-order valence-electron chi connectivity index (χ0n) is 10.4. The highest BCUT2D eigenvalue weighted by Gasteiger charge is 2.20. The molecular formula is C13H18O4. The summed E-state index contributed by atoms with van der Waals surface area (Å²) < 4.78 is 10.0. The molecule has 0 fully saturated rings. The third-order valence-corrected chi connectivity index (χ3v) is 2.57. The molecule has 4 nitrogen and oxygen atoms in total. The van der Waals surface area contributed by atoms with Gasteiger partial charge in [0.15, 0.2) is 6.10 Å². The molecule has 1 N–H and O–H groups in total. The van der Waals surface area contributed by atoms with Gasteiger partial charge < -0.3 is 14.6 Å². The van der Waals surface area contributed by atoms with E-state index in [-0.39, 0.29) is 11.7 Å². The molecule has 0 aromatic heterocycles. The summed E-state index contributed by atoms with van der Waals surface area (Å²) in [6.07, 6.45) is -0.153. The van der Waals surface area contributed by atoms with Crippen LogP contribution in [0.5, 0.6) is 5.75 Å². The number of methoxy groups -OCH3 is 1. The summed E-state index contributed by atoms with van der Waals surface area (Å²) in [6.45, 7) is 3.98. The number of phenols is 1. The number of hydrogen-bond acceptors (Lipinski definition) is 4. The normalized spacial score (nSPS) is 12.2. The number of aryl methyl sites for hydroxylation is 1. The monoisotopic (exact) mass is 238 g/mol. The Morgan fingerprint density at radius 2 is 2.18 bits per heavy atom. The number of rotatable bonds is 5. The molecule has 1 atom stereocenters. The molecule has 1 unspecified atom stereocenters. The quantitative estimate of drug-likeness (QED) is 0.795. The molecule has 1 rings (SSSR count). The smallest absolute Gasteiger partial charge is 0.335 e. The molecule has 17 heavy (non-hydrogen) atoms. The van der Waals surface area contributed by atoms with Crippen molar-refractivity contribution in [3.05, 3.63) is 29.3 Å². The molecule has 94 valence electrons. The molecule has 0 amide bonds. The standard InChI is InChI=1S/C13H18O4/c1-4-17-13(15)12(16-3)8-10-5-6-11(14)7-9(10)2/h5-7,12,14H,4,8H2,1-3H3. The minimum absolute atomic E-state index is 0.219. The lowest BCUT2D eigenvalue weighted by atomic mass is 10.0. The third-order valence-electron chi connectivity index (χ3n) is 2.57. The number of carbonyl (C=O) groups is 1. The van der Waals surface area contributed by atoms with E-state index >= 15 is 0 Å². The van der Waals surface area contributed by atoms with Crippen molar-refractivity contribution in [2.45, 2.75) is 26.4 Å². The number of ether oxygens (including phenoxy) is 2. The Balaban J connectivity index is 2.77. The number of benzene rings is 1. The van der Waals surface area contributed by atoms with E-state index in [1.165, 1.54) is 7.11 Å². The van der Waals surface area contributed by atoms with Crippen molar-refractivity contribution in [3.63, 3.8) is 0 Å². The van der Waals surface area contributed by atoms with Gasteiger partial charge >= 0.3 is 5.97 Å². The summed E-state index contributed by atoms with van der Waals surface area (Å²) in [4.78, 5) is 11.6. The summed E-state index contributed by atoms with van der Waals surface area (Å²) in [5.74, 6) is -0.140. The first-order valence-electron chi connectivity index (χ1n) is 5.56. The molecule has 0 bridgehead atoms. The molecule has 0 aliphatic heterocycles. The molecule has 1 aromatic carbocycles. The van der Waals surface area contributed by atoms with Crippen LogP contribution in [0, 0.1) is 6.92 Å². The highest BCUT2D eigenvalue weighted by atomic mass is 16.6. The molecule has 0 heterocycles. The van der Waals surface area contributed by atoms with E-state index in [2.05, 4.69) is 0 Å². The average molecular weight is 238 g/mol. The maximum absolute atomic E-state index is 11.6. The van der Waals surface area contributed by atoms with E-state index in [1.54, 1.807) is 25.1 Å². The van der Waals surface area contributed by atoms with Gasteiger partial charge in [-0.2, -0.15) is 0 Å². The number of hydrogen-bond donors (Lipinski definition) is 1. The predicted octanol–water partition coefficient (Wildman–Crippen LogP) is 1.82. The van der Waals surface area contributed by atoms with Crippen LogP contribution in [0.1, 0.15) is 18.1 Å². The lowest BCUT2D eigenvalue weighted by Gasteiger charge is -2.15. The third kappa shape index (κ3) is 3.75. The fourth-order valence-corrected chi connectivity index (χ4v) is 1.61. The Morgan fingerprint density at radius 1 is 1.47 bits per heavy atom. The second-order valence-electron chi connectivity index (χ2n) is 3.79. The van der Waals surface area contributed by atoms with Crippen LogP contribution in [-0.4, -0.2) is 30.9 Å². The molecule has 0 radical (unpaired) electrons. The van der Waals surface area contributed by atoms with Crippen molar-refractivity contribution in [3.8, 4) is 5.75 Å². The SMILES string of the molecule is CCOC(=O)C(Cc1ccc(O)cc1C)OC. The number of phenolic OH excluding ortho intramolecular Hbond substituents is 1. The van der Waals surface area contributed by atoms with Crippen molar-refractivity contribution in [2.75, 3.05) is 13.7 Å². The van der Waals surface area contributed by atoms with Gasteiger partial charge in [0, 0.05) is 13.5 Å². The maximum Gasteiger partial charge on any atom is 0.335 e. The van der Waals surface area contributed by atoms with Crippen LogP contribution in [0.4, 0.5) is 0 Å². The van der Waals surface area contributed by atoms with Gasteiger partial charge in [-0.05, 0) is 37.1 Å². The first-order chi connectivity index (χ1) is 8.08. The molecule has 0 saturated heterocycles. The van der Waals surface area contributed by atoms with E-state index in [0.717, 1.165) is 11.1 Å². The Labute approximate surface area is 101 Å². The zero-order chi connectivity index (χ0) is 12.8. The molecule has 0 saturated carbocycles. The van der Waals surface area contributed by atoms with Gasteiger partial charge in [0.2, 0.25) is 0 Å². The van der Waals surface area contributed by atoms with Crippen molar-refractivity contribution in [2.24, 2.45) is 0 Å². The molecule has 1 aromatic rings. The predicted molar refractivity (Wildman–Crippen MR) is 64.0 cm³/mol. The van der Waals surface area contributed by atoms with E-state index < -0.39 is 6.10 Å². The van der Waals surface area contributed by atoms with E-state index in [9.17, 15) is 9.90 Å². The zero-order valence-corrected chi connectivity index (χ0v) is 10.4. The highest BCUT2D eigenvalue weighted by molar-refractivity contribution is 5.75. The number of carbonyl (C=O) groups excluding carboxylic acids is 1. The number of aromatic hydroxyl groups is 1. The van der Waals surface area contributed by atoms with Gasteiger partial charge in [0.25, 0.3) is 0 Å². The van der Waals surface area contributed by atoms with Crippen LogP contribution >= 0.6 is 0 Å². The van der Waals surface area contributed by atoms with Crippen molar-refractivity contribution in [1.82, 2.24) is 0 Å². The first-order valence-corrected chi connectivity index (χ1v) is 5.56. The molecule has 0 aliphatic carbocycles. The van der Waals surface area contributed by atoms with E-state index in [0.29, 0.717) is 13.0 Å². The average Bonchev–Trinajstić information content (AvgIpc) is 2.28. The summed E-state index contributed by atoms with van der Waals surface area (Å²) in [5, 5.41) is 9.30. The van der Waals surface area contributed by atoms with Crippen molar-refractivity contribution in [1.29, 1.82) is 0 Å². The summed E-state index contributed by atoms with van der Waals surface area (Å²) in [5.41, 5.74) is 1.89. The van der Waals surface area contributed by atoms with Crippen LogP contribution < -0.4 is 0 Å². The van der Waals surface area contributed by atoms with Crippen LogP contribution in [0.25, 0.3) is 0 Å². The van der Waals surface area contributed by atoms with Crippen molar-refractivity contribution < 1.29 is 19.4 Å². The van der Waals surface area contributed by atoms with Gasteiger partial charge in [-0.25, -0.2) is 4.79 Å². The molecule has 4 heteroatoms. The Kier molecular flexibility index (Phi) is 4.97. The Morgan fingerprint density at radius 3 is 2.71 bits per heavy atom. The lowest BCUT2D eigenvalue weighted by Crippen LogP contribution is -2.27. The maximum atomic E-state index is 11.6. The fraction of sp³-hybridized carbons (Fsp3) is 0.462. The van der Waals surface area contributed by atoms with Gasteiger partial charge in [0.05, 0.1) is 6.61 Å². The van der Waals surface area contributed by atoms with Crippen LogP contribution in [-0.2, 0) is 20.7 Å². The largest absolute Gasteiger partial charge is 0.508 e. The van der Waals surface area contributed by atoms with E-state index in [4.69, 9.17) is 9.47 Å². The van der Waals surface area contributed by atoms with Crippen LogP contribution in [0.2, 0.25) is 0 Å². The summed E-state index contributed by atoms with van der Waals surface area (Å²) >= 11 is 0. The minimum atomic E-state index is -0.599. The van der Waals surface area contributed by atoms with Crippen LogP contribution in [0.3, 0.4) is 0 Å². The summed E-state index contributed by atoms with van der Waals surface area (Å²) in [6, 6.07) is 5.04. The highest BCUT2D eigenvalue weighted by Crippen LogP contribution is 2.18. The second kappa shape index (κ2) is 6.25. The van der Waals surface area contributed by atoms with Crippen LogP contribution in [0.15, 0.2) is 18.2 Å². The topological polar surface area (TPSA) is 55.8 Å². The van der Waals surface area contributed by atoms with Gasteiger partial charge in [-0.15, -0.1) is 0 Å². The minimum Gasteiger partial charge on any atom is -0.508 e.